The van der Waals surface area contributed by atoms with E-state index in [-0.39, 0.29) is 18.3 Å². The van der Waals surface area contributed by atoms with Gasteiger partial charge in [0.1, 0.15) is 5.82 Å². The zero-order valence-electron chi connectivity index (χ0n) is 12.3. The molecular formula is C17H18FN3O. The highest BCUT2D eigenvalue weighted by Gasteiger charge is 2.03. The van der Waals surface area contributed by atoms with E-state index < -0.39 is 0 Å². The van der Waals surface area contributed by atoms with E-state index >= 15 is 0 Å². The zero-order chi connectivity index (χ0) is 15.8. The molecule has 0 unspecified atom stereocenters. The molecule has 0 spiro atoms. The van der Waals surface area contributed by atoms with Crippen LogP contribution in [0.25, 0.3) is 0 Å². The number of halogens is 1. The fourth-order valence-electron chi connectivity index (χ4n) is 1.90. The van der Waals surface area contributed by atoms with Gasteiger partial charge in [-0.25, -0.2) is 9.82 Å². The summed E-state index contributed by atoms with van der Waals surface area (Å²) in [6.45, 7) is 2.05. The lowest BCUT2D eigenvalue weighted by Gasteiger charge is -2.07. The number of hydrogen-bond donors (Lipinski definition) is 2. The van der Waals surface area contributed by atoms with E-state index in [1.54, 1.807) is 12.1 Å². The number of nitrogens with zero attached hydrogens (tertiary/aromatic N) is 1. The Kier molecular flexibility index (Phi) is 5.65. The van der Waals surface area contributed by atoms with Crippen LogP contribution in [0.3, 0.4) is 0 Å². The molecule has 5 heteroatoms. The van der Waals surface area contributed by atoms with Gasteiger partial charge in [0.05, 0.1) is 12.3 Å². The maximum Gasteiger partial charge on any atom is 0.259 e. The van der Waals surface area contributed by atoms with Crippen molar-refractivity contribution in [3.63, 3.8) is 0 Å². The third kappa shape index (κ3) is 4.70. The van der Waals surface area contributed by atoms with Crippen LogP contribution in [-0.4, -0.2) is 18.2 Å². The molecule has 0 heterocycles. The predicted octanol–water partition coefficient (Wildman–Crippen LogP) is 3.17. The number of nitrogens with one attached hydrogen (secondary N) is 2. The lowest BCUT2D eigenvalue weighted by atomic mass is 10.1. The van der Waals surface area contributed by atoms with E-state index in [0.717, 1.165) is 17.7 Å². The third-order valence-corrected chi connectivity index (χ3v) is 3.05. The lowest BCUT2D eigenvalue weighted by Crippen LogP contribution is -2.27. The average molecular weight is 299 g/mol. The van der Waals surface area contributed by atoms with Crippen LogP contribution in [0.4, 0.5) is 10.1 Å². The fourth-order valence-corrected chi connectivity index (χ4v) is 1.90. The van der Waals surface area contributed by atoms with E-state index in [1.807, 2.05) is 37.3 Å². The first-order valence-electron chi connectivity index (χ1n) is 7.09. The standard InChI is InChI=1S/C17H18FN3O/c1-2-16(13-6-4-3-5-7-13)20-21-17(22)12-19-15-10-8-14(18)9-11-15/h3-11,19H,2,12H2,1H3,(H,21,22)/b20-16-. The van der Waals surface area contributed by atoms with Crippen LogP contribution < -0.4 is 10.7 Å². The van der Waals surface area contributed by atoms with Crippen molar-refractivity contribution in [3.05, 3.63) is 66.0 Å². The Hall–Kier alpha value is -2.69. The van der Waals surface area contributed by atoms with Gasteiger partial charge in [-0.05, 0) is 36.2 Å². The average Bonchev–Trinajstić information content (AvgIpc) is 2.56. The van der Waals surface area contributed by atoms with Crippen LogP contribution >= 0.6 is 0 Å². The number of anilines is 1. The van der Waals surface area contributed by atoms with Crippen LogP contribution in [0, 0.1) is 5.82 Å². The van der Waals surface area contributed by atoms with Gasteiger partial charge in [0.2, 0.25) is 0 Å². The van der Waals surface area contributed by atoms with E-state index in [2.05, 4.69) is 15.8 Å². The molecule has 2 rings (SSSR count). The summed E-state index contributed by atoms with van der Waals surface area (Å²) < 4.78 is 12.8. The van der Waals surface area contributed by atoms with Crippen molar-refractivity contribution in [1.82, 2.24) is 5.43 Å². The van der Waals surface area contributed by atoms with E-state index in [4.69, 9.17) is 0 Å². The maximum absolute atomic E-state index is 12.8. The maximum atomic E-state index is 12.8. The smallest absolute Gasteiger partial charge is 0.259 e. The van der Waals surface area contributed by atoms with Gasteiger partial charge in [0.15, 0.2) is 0 Å². The Morgan fingerprint density at radius 3 is 2.41 bits per heavy atom. The van der Waals surface area contributed by atoms with Crippen molar-refractivity contribution in [3.8, 4) is 0 Å². The van der Waals surface area contributed by atoms with Crippen LogP contribution in [0.1, 0.15) is 18.9 Å². The molecule has 0 bridgehead atoms. The Labute approximate surface area is 129 Å². The minimum atomic E-state index is -0.310. The highest BCUT2D eigenvalue weighted by Crippen LogP contribution is 2.07. The number of benzene rings is 2. The number of hydrogen-bond acceptors (Lipinski definition) is 3. The Balaban J connectivity index is 1.88. The number of hydrazone groups is 1. The Morgan fingerprint density at radius 1 is 1.09 bits per heavy atom. The minimum absolute atomic E-state index is 0.0704. The second-order valence-corrected chi connectivity index (χ2v) is 4.67. The largest absolute Gasteiger partial charge is 0.376 e. The van der Waals surface area contributed by atoms with Gasteiger partial charge in [0, 0.05) is 5.69 Å². The second-order valence-electron chi connectivity index (χ2n) is 4.67. The van der Waals surface area contributed by atoms with Crippen LogP contribution in [0.2, 0.25) is 0 Å². The Bertz CT molecular complexity index is 639. The van der Waals surface area contributed by atoms with Crippen molar-refractivity contribution in [2.45, 2.75) is 13.3 Å². The van der Waals surface area contributed by atoms with E-state index in [9.17, 15) is 9.18 Å². The van der Waals surface area contributed by atoms with Crippen molar-refractivity contribution in [2.75, 3.05) is 11.9 Å². The quantitative estimate of drug-likeness (QED) is 0.636. The van der Waals surface area contributed by atoms with Crippen molar-refractivity contribution >= 4 is 17.3 Å². The number of carbonyl (C=O) groups excluding carboxylic acids is 1. The first-order valence-corrected chi connectivity index (χ1v) is 7.09. The molecule has 0 saturated carbocycles. The van der Waals surface area contributed by atoms with E-state index in [1.165, 1.54) is 12.1 Å². The van der Waals surface area contributed by atoms with E-state index in [0.29, 0.717) is 5.69 Å². The van der Waals surface area contributed by atoms with Gasteiger partial charge in [-0.1, -0.05) is 37.3 Å². The molecule has 0 saturated heterocycles. The number of carbonyl (C=O) groups is 1. The third-order valence-electron chi connectivity index (χ3n) is 3.05. The minimum Gasteiger partial charge on any atom is -0.376 e. The molecule has 0 atom stereocenters. The van der Waals surface area contributed by atoms with Gasteiger partial charge in [-0.2, -0.15) is 5.10 Å². The molecule has 1 amide bonds. The molecule has 2 aromatic carbocycles. The fraction of sp³-hybridized carbons (Fsp3) is 0.176. The molecule has 0 aliphatic carbocycles. The van der Waals surface area contributed by atoms with Gasteiger partial charge >= 0.3 is 0 Å². The summed E-state index contributed by atoms with van der Waals surface area (Å²) in [4.78, 5) is 11.8. The predicted molar refractivity (Wildman–Crippen MR) is 86.3 cm³/mol. The molecule has 2 N–H and O–H groups in total. The molecule has 4 nitrogen and oxygen atoms in total. The molecule has 0 aliphatic rings. The second kappa shape index (κ2) is 7.93. The highest BCUT2D eigenvalue weighted by molar-refractivity contribution is 6.00. The number of rotatable bonds is 6. The summed E-state index contributed by atoms with van der Waals surface area (Å²) in [6.07, 6.45) is 0.718. The zero-order valence-corrected chi connectivity index (χ0v) is 12.3. The molecule has 0 radical (unpaired) electrons. The van der Waals surface area contributed by atoms with Crippen molar-refractivity contribution in [2.24, 2.45) is 5.10 Å². The van der Waals surface area contributed by atoms with Crippen LogP contribution in [0.5, 0.6) is 0 Å². The molecule has 0 aliphatic heterocycles. The summed E-state index contributed by atoms with van der Waals surface area (Å²) in [5.74, 6) is -0.568. The summed E-state index contributed by atoms with van der Waals surface area (Å²) in [6, 6.07) is 15.5. The SMILES string of the molecule is CC/C(=N/NC(=O)CNc1ccc(F)cc1)c1ccccc1. The topological polar surface area (TPSA) is 53.5 Å². The molecule has 114 valence electrons. The van der Waals surface area contributed by atoms with Gasteiger partial charge < -0.3 is 5.32 Å². The van der Waals surface area contributed by atoms with Gasteiger partial charge in [-0.3, -0.25) is 4.79 Å². The highest BCUT2D eigenvalue weighted by atomic mass is 19.1. The molecule has 22 heavy (non-hydrogen) atoms. The van der Waals surface area contributed by atoms with Crippen molar-refractivity contribution in [1.29, 1.82) is 0 Å². The van der Waals surface area contributed by atoms with Gasteiger partial charge in [0.25, 0.3) is 5.91 Å². The van der Waals surface area contributed by atoms with Crippen molar-refractivity contribution < 1.29 is 9.18 Å². The molecular weight excluding hydrogens is 281 g/mol. The van der Waals surface area contributed by atoms with Crippen LogP contribution in [0.15, 0.2) is 59.7 Å². The first-order chi connectivity index (χ1) is 10.7. The molecule has 0 fully saturated rings. The van der Waals surface area contributed by atoms with Gasteiger partial charge in [-0.15, -0.1) is 0 Å². The summed E-state index contributed by atoms with van der Waals surface area (Å²) in [5.41, 5.74) is 5.00. The monoisotopic (exact) mass is 299 g/mol. The summed E-state index contributed by atoms with van der Waals surface area (Å²) in [7, 11) is 0. The first kappa shape index (κ1) is 15.7. The normalized spacial score (nSPS) is 11.1. The molecule has 2 aromatic rings. The number of amides is 1. The molecule has 0 aromatic heterocycles. The summed E-state index contributed by atoms with van der Waals surface area (Å²) in [5, 5.41) is 7.06. The lowest BCUT2D eigenvalue weighted by molar-refractivity contribution is -0.119. The Morgan fingerprint density at radius 2 is 1.77 bits per heavy atom. The van der Waals surface area contributed by atoms with Crippen LogP contribution in [-0.2, 0) is 4.79 Å². The summed E-state index contributed by atoms with van der Waals surface area (Å²) >= 11 is 0.